The normalized spacial score (nSPS) is 16.9. The SMILES string of the molecule is CCOc1cccc([C@H]2NC(=O)NC(C)=C2C(=O)OCCSCC)c1. The van der Waals surface area contributed by atoms with E-state index < -0.39 is 12.0 Å². The minimum Gasteiger partial charge on any atom is -0.494 e. The van der Waals surface area contributed by atoms with Crippen LogP contribution in [0.4, 0.5) is 4.79 Å². The molecule has 1 aromatic rings. The third-order valence-corrected chi connectivity index (χ3v) is 4.52. The lowest BCUT2D eigenvalue weighted by atomic mass is 9.95. The first kappa shape index (κ1) is 19.2. The van der Waals surface area contributed by atoms with Crippen LogP contribution in [0.5, 0.6) is 5.75 Å². The van der Waals surface area contributed by atoms with E-state index in [1.807, 2.05) is 31.2 Å². The van der Waals surface area contributed by atoms with Gasteiger partial charge in [0, 0.05) is 11.4 Å². The summed E-state index contributed by atoms with van der Waals surface area (Å²) in [7, 11) is 0. The summed E-state index contributed by atoms with van der Waals surface area (Å²) in [5, 5.41) is 5.44. The van der Waals surface area contributed by atoms with Gasteiger partial charge in [-0.1, -0.05) is 19.1 Å². The molecule has 0 bridgehead atoms. The average molecular weight is 364 g/mol. The Hall–Kier alpha value is -2.15. The molecule has 1 atom stereocenters. The molecule has 136 valence electrons. The Morgan fingerprint density at radius 1 is 1.32 bits per heavy atom. The van der Waals surface area contributed by atoms with Gasteiger partial charge in [-0.05, 0) is 37.3 Å². The number of hydrogen-bond acceptors (Lipinski definition) is 5. The van der Waals surface area contributed by atoms with E-state index in [1.54, 1.807) is 18.7 Å². The molecule has 7 heteroatoms. The van der Waals surface area contributed by atoms with Crippen molar-refractivity contribution in [2.24, 2.45) is 0 Å². The fourth-order valence-electron chi connectivity index (χ4n) is 2.58. The Kier molecular flexibility index (Phi) is 7.18. The maximum absolute atomic E-state index is 12.6. The Morgan fingerprint density at radius 3 is 2.84 bits per heavy atom. The topological polar surface area (TPSA) is 76.7 Å². The van der Waals surface area contributed by atoms with Crippen LogP contribution in [0, 0.1) is 0 Å². The highest BCUT2D eigenvalue weighted by molar-refractivity contribution is 7.99. The van der Waals surface area contributed by atoms with Crippen molar-refractivity contribution in [2.45, 2.75) is 26.8 Å². The highest BCUT2D eigenvalue weighted by Crippen LogP contribution is 2.29. The van der Waals surface area contributed by atoms with Crippen molar-refractivity contribution in [1.29, 1.82) is 0 Å². The summed E-state index contributed by atoms with van der Waals surface area (Å²) in [6.45, 7) is 6.55. The average Bonchev–Trinajstić information content (AvgIpc) is 2.58. The number of benzene rings is 1. The van der Waals surface area contributed by atoms with Crippen LogP contribution in [0.1, 0.15) is 32.4 Å². The van der Waals surface area contributed by atoms with Gasteiger partial charge >= 0.3 is 12.0 Å². The first-order chi connectivity index (χ1) is 12.1. The van der Waals surface area contributed by atoms with E-state index in [1.165, 1.54) is 0 Å². The fraction of sp³-hybridized carbons (Fsp3) is 0.444. The zero-order valence-electron chi connectivity index (χ0n) is 14.8. The molecule has 1 heterocycles. The van der Waals surface area contributed by atoms with E-state index in [2.05, 4.69) is 17.6 Å². The summed E-state index contributed by atoms with van der Waals surface area (Å²) in [5.41, 5.74) is 1.69. The predicted molar refractivity (Wildman–Crippen MR) is 98.7 cm³/mol. The number of esters is 1. The Labute approximate surface area is 152 Å². The number of carbonyl (C=O) groups is 2. The van der Waals surface area contributed by atoms with Crippen LogP contribution in [0.2, 0.25) is 0 Å². The molecule has 1 aromatic carbocycles. The van der Waals surface area contributed by atoms with Crippen molar-refractivity contribution >= 4 is 23.8 Å². The molecule has 2 N–H and O–H groups in total. The molecule has 0 unspecified atom stereocenters. The standard InChI is InChI=1S/C18H24N2O4S/c1-4-23-14-8-6-7-13(11-14)16-15(12(3)19-18(22)20-16)17(21)24-9-10-25-5-2/h6-8,11,16H,4-5,9-10H2,1-3H3,(H2,19,20,22)/t16-/m1/s1. The van der Waals surface area contributed by atoms with E-state index in [0.717, 1.165) is 17.1 Å². The van der Waals surface area contributed by atoms with Crippen molar-refractivity contribution in [3.05, 3.63) is 41.1 Å². The molecule has 2 rings (SSSR count). The summed E-state index contributed by atoms with van der Waals surface area (Å²) < 4.78 is 10.9. The highest BCUT2D eigenvalue weighted by Gasteiger charge is 2.32. The minimum atomic E-state index is -0.569. The third-order valence-electron chi connectivity index (χ3n) is 3.66. The van der Waals surface area contributed by atoms with Gasteiger partial charge in [0.25, 0.3) is 0 Å². The molecule has 0 fully saturated rings. The first-order valence-electron chi connectivity index (χ1n) is 8.32. The molecule has 6 nitrogen and oxygen atoms in total. The number of urea groups is 1. The number of carbonyl (C=O) groups excluding carboxylic acids is 2. The van der Waals surface area contributed by atoms with Crippen LogP contribution < -0.4 is 15.4 Å². The summed E-state index contributed by atoms with van der Waals surface area (Å²) in [6, 6.07) is 6.44. The number of amides is 2. The van der Waals surface area contributed by atoms with Crippen LogP contribution >= 0.6 is 11.8 Å². The summed E-state index contributed by atoms with van der Waals surface area (Å²) in [4.78, 5) is 24.5. The van der Waals surface area contributed by atoms with E-state index in [4.69, 9.17) is 9.47 Å². The van der Waals surface area contributed by atoms with Crippen molar-refractivity contribution in [2.75, 3.05) is 24.7 Å². The lowest BCUT2D eigenvalue weighted by molar-refractivity contribution is -0.138. The molecular formula is C18H24N2O4S. The molecule has 1 aliphatic heterocycles. The predicted octanol–water partition coefficient (Wildman–Crippen LogP) is 3.01. The van der Waals surface area contributed by atoms with Crippen molar-refractivity contribution < 1.29 is 19.1 Å². The van der Waals surface area contributed by atoms with E-state index in [9.17, 15) is 9.59 Å². The summed E-state index contributed by atoms with van der Waals surface area (Å²) in [5.74, 6) is 1.99. The molecule has 0 aromatic heterocycles. The smallest absolute Gasteiger partial charge is 0.338 e. The largest absolute Gasteiger partial charge is 0.494 e. The van der Waals surface area contributed by atoms with Gasteiger partial charge in [0.15, 0.2) is 0 Å². The van der Waals surface area contributed by atoms with Crippen molar-refractivity contribution in [1.82, 2.24) is 10.6 Å². The van der Waals surface area contributed by atoms with Crippen LogP contribution in [-0.4, -0.2) is 36.7 Å². The van der Waals surface area contributed by atoms with Crippen LogP contribution in [-0.2, 0) is 9.53 Å². The van der Waals surface area contributed by atoms with Gasteiger partial charge in [0.1, 0.15) is 12.4 Å². The fourth-order valence-corrected chi connectivity index (χ4v) is 3.07. The molecule has 1 aliphatic rings. The highest BCUT2D eigenvalue weighted by atomic mass is 32.2. The van der Waals surface area contributed by atoms with Crippen molar-refractivity contribution in [3.8, 4) is 5.75 Å². The molecule has 0 saturated carbocycles. The second kappa shape index (κ2) is 9.36. The van der Waals surface area contributed by atoms with Gasteiger partial charge in [0.05, 0.1) is 18.2 Å². The Morgan fingerprint density at radius 2 is 2.12 bits per heavy atom. The number of nitrogens with one attached hydrogen (secondary N) is 2. The number of thioether (sulfide) groups is 1. The monoisotopic (exact) mass is 364 g/mol. The summed E-state index contributed by atoms with van der Waals surface area (Å²) >= 11 is 1.71. The zero-order chi connectivity index (χ0) is 18.2. The molecule has 0 aliphatic carbocycles. The second-order valence-electron chi connectivity index (χ2n) is 5.41. The Balaban J connectivity index is 2.24. The first-order valence-corrected chi connectivity index (χ1v) is 9.48. The molecule has 0 spiro atoms. The van der Waals surface area contributed by atoms with Crippen LogP contribution in [0.15, 0.2) is 35.5 Å². The van der Waals surface area contributed by atoms with Gasteiger partial charge < -0.3 is 20.1 Å². The molecule has 2 amide bonds. The van der Waals surface area contributed by atoms with Crippen LogP contribution in [0.25, 0.3) is 0 Å². The summed E-state index contributed by atoms with van der Waals surface area (Å²) in [6.07, 6.45) is 0. The quantitative estimate of drug-likeness (QED) is 0.548. The number of ether oxygens (including phenoxy) is 2. The molecule has 0 saturated heterocycles. The number of hydrogen-bond donors (Lipinski definition) is 2. The van der Waals surface area contributed by atoms with E-state index in [-0.39, 0.29) is 6.03 Å². The lowest BCUT2D eigenvalue weighted by Gasteiger charge is -2.28. The van der Waals surface area contributed by atoms with Crippen molar-refractivity contribution in [3.63, 3.8) is 0 Å². The maximum Gasteiger partial charge on any atom is 0.338 e. The number of rotatable bonds is 8. The molecular weight excluding hydrogens is 340 g/mol. The van der Waals surface area contributed by atoms with Gasteiger partial charge in [0.2, 0.25) is 0 Å². The van der Waals surface area contributed by atoms with Gasteiger partial charge in [-0.15, -0.1) is 0 Å². The zero-order valence-corrected chi connectivity index (χ0v) is 15.6. The third kappa shape index (κ3) is 5.16. The van der Waals surface area contributed by atoms with E-state index >= 15 is 0 Å². The minimum absolute atomic E-state index is 0.341. The maximum atomic E-state index is 12.6. The van der Waals surface area contributed by atoms with Crippen LogP contribution in [0.3, 0.4) is 0 Å². The number of allylic oxidation sites excluding steroid dienone is 1. The van der Waals surface area contributed by atoms with E-state index in [0.29, 0.717) is 30.2 Å². The molecule has 25 heavy (non-hydrogen) atoms. The van der Waals surface area contributed by atoms with Gasteiger partial charge in [-0.25, -0.2) is 9.59 Å². The van der Waals surface area contributed by atoms with Gasteiger partial charge in [-0.3, -0.25) is 0 Å². The molecule has 0 radical (unpaired) electrons. The lowest BCUT2D eigenvalue weighted by Crippen LogP contribution is -2.45. The second-order valence-corrected chi connectivity index (χ2v) is 6.80. The Bertz CT molecular complexity index is 660. The van der Waals surface area contributed by atoms with Gasteiger partial charge in [-0.2, -0.15) is 11.8 Å².